The summed E-state index contributed by atoms with van der Waals surface area (Å²) in [7, 11) is 1.82. The van der Waals surface area contributed by atoms with Crippen molar-refractivity contribution in [3.63, 3.8) is 0 Å². The van der Waals surface area contributed by atoms with E-state index in [2.05, 4.69) is 9.88 Å². The molecule has 156 valence electrons. The second kappa shape index (κ2) is 9.08. The van der Waals surface area contributed by atoms with Crippen LogP contribution in [-0.2, 0) is 15.1 Å². The van der Waals surface area contributed by atoms with Crippen molar-refractivity contribution >= 4 is 18.3 Å². The van der Waals surface area contributed by atoms with Gasteiger partial charge in [-0.2, -0.15) is 0 Å². The third-order valence-corrected chi connectivity index (χ3v) is 6.93. The van der Waals surface area contributed by atoms with Gasteiger partial charge in [-0.1, -0.05) is 6.42 Å². The Bertz CT molecular complexity index is 667. The Balaban J connectivity index is 0.00000225. The Labute approximate surface area is 173 Å². The van der Waals surface area contributed by atoms with Crippen LogP contribution in [0.1, 0.15) is 48.2 Å². The largest absolute Gasteiger partial charge is 0.381 e. The average Bonchev–Trinajstić information content (AvgIpc) is 2.68. The summed E-state index contributed by atoms with van der Waals surface area (Å²) in [5, 5.41) is 0. The fraction of sp³-hybridized carbons (Fsp3) is 0.714. The molecule has 3 fully saturated rings. The summed E-state index contributed by atoms with van der Waals surface area (Å²) in [6, 6.07) is 3.86. The molecule has 1 aliphatic carbocycles. The summed E-state index contributed by atoms with van der Waals surface area (Å²) in [5.41, 5.74) is 6.53. The van der Waals surface area contributed by atoms with Crippen molar-refractivity contribution in [1.29, 1.82) is 0 Å². The molecule has 2 bridgehead atoms. The number of hydrogen-bond acceptors (Lipinski definition) is 5. The van der Waals surface area contributed by atoms with Gasteiger partial charge in [0.05, 0.1) is 0 Å². The lowest BCUT2D eigenvalue weighted by Gasteiger charge is -2.56. The van der Waals surface area contributed by atoms with E-state index in [-0.39, 0.29) is 18.0 Å². The van der Waals surface area contributed by atoms with Gasteiger partial charge >= 0.3 is 0 Å². The van der Waals surface area contributed by atoms with Gasteiger partial charge in [-0.15, -0.1) is 12.4 Å². The highest BCUT2D eigenvalue weighted by Gasteiger charge is 2.53. The third-order valence-electron chi connectivity index (χ3n) is 6.93. The van der Waals surface area contributed by atoms with Crippen LogP contribution < -0.4 is 5.73 Å². The second-order valence-corrected chi connectivity index (χ2v) is 8.39. The number of methoxy groups -OCH3 is 1. The second-order valence-electron chi connectivity index (χ2n) is 8.39. The van der Waals surface area contributed by atoms with Crippen LogP contribution in [-0.4, -0.2) is 55.7 Å². The fourth-order valence-electron chi connectivity index (χ4n) is 5.70. The molecular weight excluding hydrogens is 378 g/mol. The molecule has 1 aromatic heterocycles. The third kappa shape index (κ3) is 3.92. The van der Waals surface area contributed by atoms with Crippen molar-refractivity contribution in [3.05, 3.63) is 29.6 Å². The van der Waals surface area contributed by atoms with E-state index >= 15 is 0 Å². The molecule has 2 aliphatic heterocycles. The summed E-state index contributed by atoms with van der Waals surface area (Å²) < 4.78 is 11.8. The first kappa shape index (κ1) is 21.5. The molecular formula is C21H32ClN3O3. The van der Waals surface area contributed by atoms with Crippen LogP contribution in [0.5, 0.6) is 0 Å². The maximum absolute atomic E-state index is 11.6. The van der Waals surface area contributed by atoms with Crippen molar-refractivity contribution in [2.45, 2.75) is 37.7 Å². The minimum Gasteiger partial charge on any atom is -0.381 e. The molecule has 1 amide bonds. The van der Waals surface area contributed by atoms with Gasteiger partial charge in [0.1, 0.15) is 11.3 Å². The fourth-order valence-corrected chi connectivity index (χ4v) is 5.70. The number of amides is 1. The maximum Gasteiger partial charge on any atom is 0.267 e. The first-order chi connectivity index (χ1) is 13.1. The van der Waals surface area contributed by atoms with Crippen molar-refractivity contribution in [1.82, 2.24) is 9.88 Å². The molecule has 3 aliphatic rings. The molecule has 6 nitrogen and oxygen atoms in total. The molecule has 28 heavy (non-hydrogen) atoms. The van der Waals surface area contributed by atoms with Gasteiger partial charge in [0.2, 0.25) is 0 Å². The number of halogens is 1. The maximum atomic E-state index is 11.6. The molecule has 1 aromatic rings. The van der Waals surface area contributed by atoms with Crippen molar-refractivity contribution in [2.24, 2.45) is 23.5 Å². The van der Waals surface area contributed by atoms with Crippen LogP contribution in [0.2, 0.25) is 0 Å². The SMILES string of the molecule is CO[C@@]1(c2ccnc(C(N)=O)c2)[C@@H]2CCC[C@H]1CN(CC1CCOCC1)C2.Cl. The summed E-state index contributed by atoms with van der Waals surface area (Å²) >= 11 is 0. The molecule has 0 unspecified atom stereocenters. The number of aromatic nitrogens is 1. The quantitative estimate of drug-likeness (QED) is 0.808. The minimum atomic E-state index is -0.481. The Morgan fingerprint density at radius 1 is 1.29 bits per heavy atom. The topological polar surface area (TPSA) is 77.7 Å². The lowest BCUT2D eigenvalue weighted by atomic mass is 9.62. The van der Waals surface area contributed by atoms with Crippen LogP contribution in [0.25, 0.3) is 0 Å². The first-order valence-electron chi connectivity index (χ1n) is 10.2. The molecule has 4 rings (SSSR count). The van der Waals surface area contributed by atoms with Gasteiger partial charge in [0.25, 0.3) is 5.91 Å². The predicted octanol–water partition coefficient (Wildman–Crippen LogP) is 2.60. The van der Waals surface area contributed by atoms with E-state index in [0.29, 0.717) is 17.5 Å². The summed E-state index contributed by atoms with van der Waals surface area (Å²) in [6.07, 6.45) is 7.60. The van der Waals surface area contributed by atoms with Crippen LogP contribution in [0, 0.1) is 17.8 Å². The highest BCUT2D eigenvalue weighted by Crippen LogP contribution is 2.51. The molecule has 0 aromatic carbocycles. The lowest BCUT2D eigenvalue weighted by molar-refractivity contribution is -0.171. The molecule has 3 heterocycles. The number of ether oxygens (including phenoxy) is 2. The molecule has 1 saturated carbocycles. The number of hydrogen-bond donors (Lipinski definition) is 1. The van der Waals surface area contributed by atoms with Crippen LogP contribution >= 0.6 is 12.4 Å². The lowest BCUT2D eigenvalue weighted by Crippen LogP contribution is -2.59. The van der Waals surface area contributed by atoms with Gasteiger partial charge < -0.3 is 20.1 Å². The Kier molecular flexibility index (Phi) is 6.97. The predicted molar refractivity (Wildman–Crippen MR) is 110 cm³/mol. The monoisotopic (exact) mass is 409 g/mol. The van der Waals surface area contributed by atoms with Gasteiger partial charge in [0, 0.05) is 58.0 Å². The number of pyridine rings is 1. The number of likely N-dealkylation sites (tertiary alicyclic amines) is 1. The zero-order valence-corrected chi connectivity index (χ0v) is 17.5. The van der Waals surface area contributed by atoms with Gasteiger partial charge in [0.15, 0.2) is 0 Å². The number of carbonyl (C=O) groups is 1. The van der Waals surface area contributed by atoms with Gasteiger partial charge in [-0.05, 0) is 49.3 Å². The summed E-state index contributed by atoms with van der Waals surface area (Å²) in [5.74, 6) is 1.12. The van der Waals surface area contributed by atoms with E-state index in [1.54, 1.807) is 6.20 Å². The van der Waals surface area contributed by atoms with E-state index in [4.69, 9.17) is 15.2 Å². The number of carbonyl (C=O) groups excluding carboxylic acids is 1. The summed E-state index contributed by atoms with van der Waals surface area (Å²) in [6.45, 7) is 5.07. The molecule has 0 radical (unpaired) electrons. The Morgan fingerprint density at radius 3 is 2.57 bits per heavy atom. The van der Waals surface area contributed by atoms with Crippen molar-refractivity contribution in [2.75, 3.05) is 40.0 Å². The first-order valence-corrected chi connectivity index (χ1v) is 10.2. The number of primary amides is 1. The Morgan fingerprint density at radius 2 is 1.96 bits per heavy atom. The average molecular weight is 410 g/mol. The smallest absolute Gasteiger partial charge is 0.267 e. The molecule has 3 atom stereocenters. The van der Waals surface area contributed by atoms with E-state index in [1.165, 1.54) is 25.8 Å². The zero-order chi connectivity index (χ0) is 18.9. The van der Waals surface area contributed by atoms with Crippen molar-refractivity contribution < 1.29 is 14.3 Å². The number of fused-ring (bicyclic) bond motifs is 2. The van der Waals surface area contributed by atoms with Crippen LogP contribution in [0.15, 0.2) is 18.3 Å². The van der Waals surface area contributed by atoms with Crippen LogP contribution in [0.4, 0.5) is 0 Å². The van der Waals surface area contributed by atoms with E-state index < -0.39 is 5.91 Å². The molecule has 2 N–H and O–H groups in total. The minimum absolute atomic E-state index is 0. The normalized spacial score (nSPS) is 31.2. The van der Waals surface area contributed by atoms with Crippen molar-refractivity contribution in [3.8, 4) is 0 Å². The number of nitrogens with zero attached hydrogens (tertiary/aromatic N) is 2. The van der Waals surface area contributed by atoms with E-state index in [9.17, 15) is 4.79 Å². The number of rotatable bonds is 5. The van der Waals surface area contributed by atoms with Gasteiger partial charge in [-0.25, -0.2) is 0 Å². The number of piperidine rings is 1. The molecule has 2 saturated heterocycles. The van der Waals surface area contributed by atoms with Crippen LogP contribution in [0.3, 0.4) is 0 Å². The van der Waals surface area contributed by atoms with E-state index in [0.717, 1.165) is 50.6 Å². The standard InChI is InChI=1S/C21H31N3O3.ClH/c1-26-21(16-5-8-23-19(11-16)20(22)25)17-3-2-4-18(21)14-24(13-17)12-15-6-9-27-10-7-15;/h5,8,11,15,17-18H,2-4,6-7,9-10,12-14H2,1H3,(H2,22,25);1H/t17-,18+,21+;. The van der Waals surface area contributed by atoms with E-state index in [1.807, 2.05) is 19.2 Å². The molecule has 7 heteroatoms. The number of nitrogens with two attached hydrogens (primary N) is 1. The zero-order valence-electron chi connectivity index (χ0n) is 16.6. The summed E-state index contributed by atoms with van der Waals surface area (Å²) in [4.78, 5) is 18.4. The Hall–Kier alpha value is -1.21. The highest BCUT2D eigenvalue weighted by atomic mass is 35.5. The highest BCUT2D eigenvalue weighted by molar-refractivity contribution is 5.90. The molecule has 0 spiro atoms. The van der Waals surface area contributed by atoms with Gasteiger partial charge in [-0.3, -0.25) is 9.78 Å².